The lowest BCUT2D eigenvalue weighted by Crippen LogP contribution is -2.23. The maximum absolute atomic E-state index is 13.3. The van der Waals surface area contributed by atoms with Gasteiger partial charge in [-0.25, -0.2) is 4.79 Å². The van der Waals surface area contributed by atoms with Gasteiger partial charge in [0.1, 0.15) is 5.52 Å². The third-order valence-electron chi connectivity index (χ3n) is 5.80. The molecule has 2 aromatic heterocycles. The molecule has 0 saturated heterocycles. The largest absolute Gasteiger partial charge is 0.478 e. The standard InChI is InChI=1S/C26H21ClN4O3/c1-30-15-19-12-22(25(32)28-13-16-2-6-18(7-3-16)26(33)34)24-21(23(19)29-30)10-11-31(24)14-17-4-8-20(27)9-5-17/h2-12,15H,13-14H2,1H3,(H,28,32)(H,33,34). The van der Waals surface area contributed by atoms with Crippen LogP contribution in [0.2, 0.25) is 5.02 Å². The van der Waals surface area contributed by atoms with Crippen molar-refractivity contribution in [1.29, 1.82) is 0 Å². The van der Waals surface area contributed by atoms with Gasteiger partial charge in [0.05, 0.1) is 16.6 Å². The number of rotatable bonds is 6. The highest BCUT2D eigenvalue weighted by Gasteiger charge is 2.19. The molecule has 0 unspecified atom stereocenters. The SMILES string of the molecule is Cn1cc2cc(C(=O)NCc3ccc(C(=O)O)cc3)c3c(ccn3Cc3ccc(Cl)cc3)c2n1. The molecule has 1 amide bonds. The zero-order chi connectivity index (χ0) is 23.8. The van der Waals surface area contributed by atoms with E-state index in [9.17, 15) is 9.59 Å². The van der Waals surface area contributed by atoms with Crippen molar-refractivity contribution in [3.05, 3.63) is 100 Å². The van der Waals surface area contributed by atoms with Crippen LogP contribution in [0, 0.1) is 0 Å². The van der Waals surface area contributed by atoms with E-state index in [1.54, 1.807) is 16.8 Å². The Labute approximate surface area is 200 Å². The first-order valence-corrected chi connectivity index (χ1v) is 11.1. The van der Waals surface area contributed by atoms with Crippen LogP contribution in [0.1, 0.15) is 31.8 Å². The van der Waals surface area contributed by atoms with Gasteiger partial charge in [0.2, 0.25) is 0 Å². The van der Waals surface area contributed by atoms with E-state index in [0.717, 1.165) is 32.9 Å². The number of amides is 1. The Morgan fingerprint density at radius 2 is 1.74 bits per heavy atom. The molecular weight excluding hydrogens is 452 g/mol. The van der Waals surface area contributed by atoms with E-state index in [1.165, 1.54) is 12.1 Å². The number of hydrogen-bond acceptors (Lipinski definition) is 3. The molecular formula is C26H21ClN4O3. The van der Waals surface area contributed by atoms with Gasteiger partial charge in [-0.05, 0) is 47.5 Å². The van der Waals surface area contributed by atoms with E-state index >= 15 is 0 Å². The van der Waals surface area contributed by atoms with Gasteiger partial charge >= 0.3 is 5.97 Å². The van der Waals surface area contributed by atoms with Crippen molar-refractivity contribution < 1.29 is 14.7 Å². The maximum Gasteiger partial charge on any atom is 0.335 e. The molecule has 7 nitrogen and oxygen atoms in total. The number of nitrogens with one attached hydrogen (secondary N) is 1. The second kappa shape index (κ2) is 8.68. The summed E-state index contributed by atoms with van der Waals surface area (Å²) in [7, 11) is 1.86. The molecule has 0 spiro atoms. The van der Waals surface area contributed by atoms with Crippen molar-refractivity contribution in [2.75, 3.05) is 0 Å². The van der Waals surface area contributed by atoms with Gasteiger partial charge in [0.15, 0.2) is 0 Å². The van der Waals surface area contributed by atoms with Crippen LogP contribution in [0.5, 0.6) is 0 Å². The van der Waals surface area contributed by atoms with Crippen LogP contribution < -0.4 is 5.32 Å². The second-order valence-corrected chi connectivity index (χ2v) is 8.62. The lowest BCUT2D eigenvalue weighted by atomic mass is 10.1. The van der Waals surface area contributed by atoms with Gasteiger partial charge in [0.25, 0.3) is 5.91 Å². The predicted octanol–water partition coefficient (Wildman–Crippen LogP) is 4.86. The smallest absolute Gasteiger partial charge is 0.335 e. The first-order valence-electron chi connectivity index (χ1n) is 10.7. The molecule has 0 fully saturated rings. The van der Waals surface area contributed by atoms with Crippen LogP contribution in [0.3, 0.4) is 0 Å². The molecule has 5 rings (SSSR count). The molecule has 0 bridgehead atoms. The summed E-state index contributed by atoms with van der Waals surface area (Å²) < 4.78 is 3.79. The molecule has 3 aromatic carbocycles. The summed E-state index contributed by atoms with van der Waals surface area (Å²) in [5.41, 5.74) is 4.28. The Kier molecular flexibility index (Phi) is 5.55. The number of benzene rings is 3. The van der Waals surface area contributed by atoms with Gasteiger partial charge in [-0.15, -0.1) is 0 Å². The highest BCUT2D eigenvalue weighted by Crippen LogP contribution is 2.30. The van der Waals surface area contributed by atoms with E-state index in [1.807, 2.05) is 60.4 Å². The maximum atomic E-state index is 13.3. The number of fused-ring (bicyclic) bond motifs is 3. The molecule has 5 aromatic rings. The summed E-state index contributed by atoms with van der Waals surface area (Å²) in [4.78, 5) is 24.4. The summed E-state index contributed by atoms with van der Waals surface area (Å²) >= 11 is 6.03. The molecule has 170 valence electrons. The number of aromatic carboxylic acids is 1. The summed E-state index contributed by atoms with van der Waals surface area (Å²) in [5.74, 6) is -1.20. The fourth-order valence-corrected chi connectivity index (χ4v) is 4.27. The number of hydrogen-bond donors (Lipinski definition) is 2. The average molecular weight is 473 g/mol. The van der Waals surface area contributed by atoms with E-state index in [4.69, 9.17) is 16.7 Å². The van der Waals surface area contributed by atoms with E-state index in [2.05, 4.69) is 10.4 Å². The number of aromatic nitrogens is 3. The Hall–Kier alpha value is -4.10. The molecule has 2 N–H and O–H groups in total. The summed E-state index contributed by atoms with van der Waals surface area (Å²) in [6.45, 7) is 0.860. The summed E-state index contributed by atoms with van der Waals surface area (Å²) in [6, 6.07) is 17.9. The minimum absolute atomic E-state index is 0.207. The zero-order valence-electron chi connectivity index (χ0n) is 18.3. The molecule has 34 heavy (non-hydrogen) atoms. The fourth-order valence-electron chi connectivity index (χ4n) is 4.14. The number of carboxylic acid groups (broad SMARTS) is 1. The van der Waals surface area contributed by atoms with E-state index in [-0.39, 0.29) is 18.0 Å². The first kappa shape index (κ1) is 21.7. The quantitative estimate of drug-likeness (QED) is 0.369. The minimum Gasteiger partial charge on any atom is -0.478 e. The zero-order valence-corrected chi connectivity index (χ0v) is 19.1. The number of aryl methyl sites for hydroxylation is 1. The third kappa shape index (κ3) is 4.13. The molecule has 0 saturated carbocycles. The number of halogens is 1. The molecule has 0 radical (unpaired) electrons. The Balaban J connectivity index is 1.51. The van der Waals surface area contributed by atoms with Gasteiger partial charge in [-0.2, -0.15) is 5.10 Å². The summed E-state index contributed by atoms with van der Waals surface area (Å²) in [6.07, 6.45) is 3.86. The molecule has 2 heterocycles. The second-order valence-electron chi connectivity index (χ2n) is 8.18. The van der Waals surface area contributed by atoms with Crippen molar-refractivity contribution in [3.63, 3.8) is 0 Å². The number of nitrogens with zero attached hydrogens (tertiary/aromatic N) is 3. The average Bonchev–Trinajstić information content (AvgIpc) is 3.41. The van der Waals surface area contributed by atoms with E-state index < -0.39 is 5.97 Å². The van der Waals surface area contributed by atoms with Crippen molar-refractivity contribution in [1.82, 2.24) is 19.7 Å². The Morgan fingerprint density at radius 3 is 2.44 bits per heavy atom. The molecule has 0 atom stereocenters. The van der Waals surface area contributed by atoms with Crippen LogP contribution in [0.25, 0.3) is 21.8 Å². The Bertz CT molecular complexity index is 1530. The van der Waals surface area contributed by atoms with Crippen LogP contribution in [0.15, 0.2) is 73.1 Å². The highest BCUT2D eigenvalue weighted by molar-refractivity contribution is 6.30. The Morgan fingerprint density at radius 1 is 1.03 bits per heavy atom. The van der Waals surface area contributed by atoms with Crippen molar-refractivity contribution in [3.8, 4) is 0 Å². The highest BCUT2D eigenvalue weighted by atomic mass is 35.5. The van der Waals surface area contributed by atoms with Crippen LogP contribution >= 0.6 is 11.6 Å². The molecule has 8 heteroatoms. The van der Waals surface area contributed by atoms with Crippen LogP contribution in [0.4, 0.5) is 0 Å². The lowest BCUT2D eigenvalue weighted by molar-refractivity contribution is 0.0696. The van der Waals surface area contributed by atoms with Crippen LogP contribution in [-0.4, -0.2) is 31.3 Å². The van der Waals surface area contributed by atoms with Gasteiger partial charge < -0.3 is 15.0 Å². The van der Waals surface area contributed by atoms with Crippen LogP contribution in [-0.2, 0) is 20.1 Å². The van der Waals surface area contributed by atoms with Crippen molar-refractivity contribution >= 4 is 45.3 Å². The fraction of sp³-hybridized carbons (Fsp3) is 0.115. The lowest BCUT2D eigenvalue weighted by Gasteiger charge is -2.12. The van der Waals surface area contributed by atoms with E-state index in [0.29, 0.717) is 17.1 Å². The number of carboxylic acids is 1. The van der Waals surface area contributed by atoms with Crippen molar-refractivity contribution in [2.24, 2.45) is 7.05 Å². The molecule has 0 aliphatic rings. The third-order valence-corrected chi connectivity index (χ3v) is 6.05. The van der Waals surface area contributed by atoms with Gasteiger partial charge in [0, 0.05) is 48.3 Å². The summed E-state index contributed by atoms with van der Waals surface area (Å²) in [5, 5.41) is 19.1. The normalized spacial score (nSPS) is 11.2. The minimum atomic E-state index is -0.982. The van der Waals surface area contributed by atoms with Gasteiger partial charge in [-0.3, -0.25) is 9.48 Å². The monoisotopic (exact) mass is 472 g/mol. The van der Waals surface area contributed by atoms with Crippen molar-refractivity contribution in [2.45, 2.75) is 13.1 Å². The number of carbonyl (C=O) groups excluding carboxylic acids is 1. The number of carbonyl (C=O) groups is 2. The molecule has 0 aliphatic carbocycles. The first-order chi connectivity index (χ1) is 16.4. The topological polar surface area (TPSA) is 89.1 Å². The van der Waals surface area contributed by atoms with Gasteiger partial charge in [-0.1, -0.05) is 35.9 Å². The predicted molar refractivity (Wildman–Crippen MR) is 131 cm³/mol. The molecule has 0 aliphatic heterocycles.